The van der Waals surface area contributed by atoms with E-state index in [2.05, 4.69) is 11.9 Å². The highest BCUT2D eigenvalue weighted by atomic mass is 35.5. The maximum atomic E-state index is 12.8. The molecule has 0 aliphatic rings. The van der Waals surface area contributed by atoms with E-state index in [1.165, 1.54) is 0 Å². The second-order valence-corrected chi connectivity index (χ2v) is 6.09. The van der Waals surface area contributed by atoms with Crippen LogP contribution in [0.3, 0.4) is 0 Å². The average Bonchev–Trinajstić information content (AvgIpc) is 2.61. The van der Waals surface area contributed by atoms with E-state index in [4.69, 9.17) is 16.3 Å². The van der Waals surface area contributed by atoms with E-state index < -0.39 is 5.97 Å². The van der Waals surface area contributed by atoms with Crippen molar-refractivity contribution in [2.75, 3.05) is 18.5 Å². The fourth-order valence-corrected chi connectivity index (χ4v) is 2.38. The van der Waals surface area contributed by atoms with Crippen LogP contribution in [-0.2, 0) is 9.53 Å². The van der Waals surface area contributed by atoms with Crippen molar-refractivity contribution in [2.45, 2.75) is 13.8 Å². The summed E-state index contributed by atoms with van der Waals surface area (Å²) >= 11 is 6.20. The number of halogens is 1. The molecular formula is C20H20ClNO3. The van der Waals surface area contributed by atoms with Crippen LogP contribution in [0.4, 0.5) is 5.69 Å². The smallest absolute Gasteiger partial charge is 0.333 e. The topological polar surface area (TPSA) is 55.4 Å². The minimum Gasteiger partial charge on any atom is -0.460 e. The molecule has 0 radical (unpaired) electrons. The molecule has 4 nitrogen and oxygen atoms in total. The summed E-state index contributed by atoms with van der Waals surface area (Å²) in [5, 5.41) is 3.67. The third-order valence-electron chi connectivity index (χ3n) is 3.58. The first-order chi connectivity index (χ1) is 11.9. The van der Waals surface area contributed by atoms with Gasteiger partial charge < -0.3 is 10.1 Å². The van der Waals surface area contributed by atoms with Crippen LogP contribution in [0.25, 0.3) is 0 Å². The summed E-state index contributed by atoms with van der Waals surface area (Å²) < 4.78 is 5.05. The van der Waals surface area contributed by atoms with E-state index >= 15 is 0 Å². The van der Waals surface area contributed by atoms with Gasteiger partial charge in [0.1, 0.15) is 6.61 Å². The lowest BCUT2D eigenvalue weighted by Gasteiger charge is -2.14. The van der Waals surface area contributed by atoms with Crippen LogP contribution in [-0.4, -0.2) is 24.9 Å². The third-order valence-corrected chi connectivity index (χ3v) is 3.99. The van der Waals surface area contributed by atoms with Gasteiger partial charge in [0.05, 0.1) is 0 Å². The van der Waals surface area contributed by atoms with Gasteiger partial charge in [0.15, 0.2) is 5.78 Å². The van der Waals surface area contributed by atoms with E-state index in [1.807, 2.05) is 31.2 Å². The van der Waals surface area contributed by atoms with Gasteiger partial charge in [-0.2, -0.15) is 0 Å². The number of rotatable bonds is 7. The Hall–Kier alpha value is -2.59. The van der Waals surface area contributed by atoms with Gasteiger partial charge in [-0.25, -0.2) is 4.79 Å². The van der Waals surface area contributed by atoms with E-state index in [0.29, 0.717) is 34.0 Å². The van der Waals surface area contributed by atoms with Crippen LogP contribution >= 0.6 is 11.6 Å². The van der Waals surface area contributed by atoms with Gasteiger partial charge in [-0.3, -0.25) is 4.79 Å². The molecule has 0 aromatic heterocycles. The summed E-state index contributed by atoms with van der Waals surface area (Å²) in [5.74, 6) is -0.557. The number of benzene rings is 2. The number of aryl methyl sites for hydroxylation is 1. The molecule has 2 aromatic carbocycles. The second kappa shape index (κ2) is 8.49. The lowest BCUT2D eigenvalue weighted by atomic mass is 10.00. The van der Waals surface area contributed by atoms with Crippen LogP contribution in [0.5, 0.6) is 0 Å². The Morgan fingerprint density at radius 1 is 1.20 bits per heavy atom. The molecule has 0 heterocycles. The van der Waals surface area contributed by atoms with Gasteiger partial charge in [-0.1, -0.05) is 48.5 Å². The van der Waals surface area contributed by atoms with Crippen LogP contribution in [0.1, 0.15) is 28.4 Å². The fourth-order valence-electron chi connectivity index (χ4n) is 2.21. The number of carbonyl (C=O) groups excluding carboxylic acids is 2. The molecule has 0 aliphatic carbocycles. The van der Waals surface area contributed by atoms with Gasteiger partial charge in [-0.05, 0) is 31.5 Å². The van der Waals surface area contributed by atoms with E-state index in [1.54, 1.807) is 25.1 Å². The number of hydrogen-bond acceptors (Lipinski definition) is 4. The highest BCUT2D eigenvalue weighted by molar-refractivity contribution is 6.32. The highest BCUT2D eigenvalue weighted by Crippen LogP contribution is 2.27. The number of esters is 1. The molecule has 0 saturated heterocycles. The van der Waals surface area contributed by atoms with Crippen molar-refractivity contribution in [2.24, 2.45) is 0 Å². The fraction of sp³-hybridized carbons (Fsp3) is 0.200. The Morgan fingerprint density at radius 3 is 2.52 bits per heavy atom. The van der Waals surface area contributed by atoms with E-state index in [9.17, 15) is 9.59 Å². The predicted molar refractivity (Wildman–Crippen MR) is 100 cm³/mol. The Kier molecular flexibility index (Phi) is 6.37. The normalized spacial score (nSPS) is 10.2. The van der Waals surface area contributed by atoms with Crippen molar-refractivity contribution in [1.29, 1.82) is 0 Å². The average molecular weight is 358 g/mol. The number of ketones is 1. The molecule has 0 saturated carbocycles. The molecule has 0 fully saturated rings. The molecule has 0 spiro atoms. The Morgan fingerprint density at radius 2 is 1.88 bits per heavy atom. The molecule has 0 bridgehead atoms. The van der Waals surface area contributed by atoms with Crippen molar-refractivity contribution in [3.8, 4) is 0 Å². The molecule has 130 valence electrons. The quantitative estimate of drug-likeness (QED) is 0.345. The predicted octanol–water partition coefficient (Wildman–Crippen LogP) is 4.41. The first-order valence-corrected chi connectivity index (χ1v) is 8.24. The monoisotopic (exact) mass is 357 g/mol. The van der Waals surface area contributed by atoms with Crippen molar-refractivity contribution in [1.82, 2.24) is 0 Å². The van der Waals surface area contributed by atoms with Gasteiger partial charge in [-0.15, -0.1) is 0 Å². The standard InChI is InChI=1S/C20H20ClNO3/c1-13(2)20(24)25-10-9-22-18-11-14(3)17(21)12-16(18)19(23)15-7-5-4-6-8-15/h4-8,11-12,22H,1,9-10H2,2-3H3. The minimum absolute atomic E-state index is 0.121. The number of nitrogens with one attached hydrogen (secondary N) is 1. The first kappa shape index (κ1) is 18.7. The molecule has 5 heteroatoms. The van der Waals surface area contributed by atoms with E-state index in [-0.39, 0.29) is 12.4 Å². The molecule has 0 unspecified atom stereocenters. The molecule has 1 N–H and O–H groups in total. The lowest BCUT2D eigenvalue weighted by molar-refractivity contribution is -0.138. The Labute approximate surface area is 152 Å². The molecule has 0 aliphatic heterocycles. The van der Waals surface area contributed by atoms with Crippen LogP contribution in [0, 0.1) is 6.92 Å². The summed E-state index contributed by atoms with van der Waals surface area (Å²) in [6.45, 7) is 7.53. The molecule has 0 atom stereocenters. The van der Waals surface area contributed by atoms with Crippen LogP contribution < -0.4 is 5.32 Å². The summed E-state index contributed by atoms with van der Waals surface area (Å²) in [5.41, 5.74) is 2.92. The van der Waals surface area contributed by atoms with Crippen molar-refractivity contribution < 1.29 is 14.3 Å². The van der Waals surface area contributed by atoms with Crippen molar-refractivity contribution in [3.63, 3.8) is 0 Å². The zero-order valence-electron chi connectivity index (χ0n) is 14.3. The van der Waals surface area contributed by atoms with Crippen LogP contribution in [0.2, 0.25) is 5.02 Å². The van der Waals surface area contributed by atoms with Gasteiger partial charge in [0, 0.05) is 34.0 Å². The SMILES string of the molecule is C=C(C)C(=O)OCCNc1cc(C)c(Cl)cc1C(=O)c1ccccc1. The molecule has 25 heavy (non-hydrogen) atoms. The number of anilines is 1. The maximum absolute atomic E-state index is 12.8. The number of ether oxygens (including phenoxy) is 1. The molecule has 2 aromatic rings. The summed E-state index contributed by atoms with van der Waals surface area (Å²) in [7, 11) is 0. The van der Waals surface area contributed by atoms with E-state index in [0.717, 1.165) is 5.56 Å². The number of carbonyl (C=O) groups is 2. The van der Waals surface area contributed by atoms with Gasteiger partial charge >= 0.3 is 5.97 Å². The molecule has 2 rings (SSSR count). The Bertz CT molecular complexity index is 800. The summed E-state index contributed by atoms with van der Waals surface area (Å²) in [4.78, 5) is 24.2. The zero-order valence-corrected chi connectivity index (χ0v) is 15.0. The van der Waals surface area contributed by atoms with Crippen molar-refractivity contribution in [3.05, 3.63) is 76.3 Å². The number of hydrogen-bond donors (Lipinski definition) is 1. The van der Waals surface area contributed by atoms with Crippen LogP contribution in [0.15, 0.2) is 54.6 Å². The first-order valence-electron chi connectivity index (χ1n) is 7.86. The summed E-state index contributed by atoms with van der Waals surface area (Å²) in [6, 6.07) is 12.5. The van der Waals surface area contributed by atoms with Crippen molar-refractivity contribution >= 4 is 29.0 Å². The van der Waals surface area contributed by atoms with Gasteiger partial charge in [0.2, 0.25) is 0 Å². The second-order valence-electron chi connectivity index (χ2n) is 5.69. The molecular weight excluding hydrogens is 338 g/mol. The third kappa shape index (κ3) is 4.94. The molecule has 0 amide bonds. The lowest BCUT2D eigenvalue weighted by Crippen LogP contribution is -2.16. The van der Waals surface area contributed by atoms with Gasteiger partial charge in [0.25, 0.3) is 0 Å². The largest absolute Gasteiger partial charge is 0.460 e. The Balaban J connectivity index is 2.17. The zero-order chi connectivity index (χ0) is 18.4. The summed E-state index contributed by atoms with van der Waals surface area (Å²) in [6.07, 6.45) is 0. The maximum Gasteiger partial charge on any atom is 0.333 e. The highest BCUT2D eigenvalue weighted by Gasteiger charge is 2.15. The minimum atomic E-state index is -0.435.